The molecule has 0 radical (unpaired) electrons. The lowest BCUT2D eigenvalue weighted by molar-refractivity contribution is -0.115. The maximum Gasteiger partial charge on any atom is 0.240 e. The molecule has 0 aliphatic heterocycles. The fourth-order valence-electron chi connectivity index (χ4n) is 0.648. The Labute approximate surface area is 73.9 Å². The van der Waals surface area contributed by atoms with Gasteiger partial charge in [0.15, 0.2) is 5.13 Å². The van der Waals surface area contributed by atoms with Crippen molar-refractivity contribution in [3.63, 3.8) is 0 Å². The summed E-state index contributed by atoms with van der Waals surface area (Å²) in [6, 6.07) is 1.76. The van der Waals surface area contributed by atoms with Crippen molar-refractivity contribution in [3.8, 4) is 6.07 Å². The molecule has 0 aliphatic carbocycles. The van der Waals surface area contributed by atoms with E-state index in [4.69, 9.17) is 5.26 Å². The number of nitrogens with zero attached hydrogens (tertiary/aromatic N) is 2. The van der Waals surface area contributed by atoms with Crippen molar-refractivity contribution in [3.05, 3.63) is 11.1 Å². The van der Waals surface area contributed by atoms with Crippen LogP contribution in [0, 0.1) is 18.3 Å². The van der Waals surface area contributed by atoms with Gasteiger partial charge < -0.3 is 5.32 Å². The molecule has 0 bridgehead atoms. The molecule has 0 fully saturated rings. The molecular formula is C7H7N3OS. The van der Waals surface area contributed by atoms with Crippen LogP contribution in [-0.2, 0) is 4.79 Å². The Bertz CT molecular complexity index is 326. The number of carbonyl (C=O) groups is 1. The molecule has 0 spiro atoms. The zero-order chi connectivity index (χ0) is 8.97. The van der Waals surface area contributed by atoms with E-state index < -0.39 is 0 Å². The van der Waals surface area contributed by atoms with Gasteiger partial charge in [0.25, 0.3) is 0 Å². The number of carbonyl (C=O) groups excluding carboxylic acids is 1. The van der Waals surface area contributed by atoms with Gasteiger partial charge in [-0.05, 0) is 6.92 Å². The van der Waals surface area contributed by atoms with E-state index in [9.17, 15) is 4.79 Å². The number of rotatable bonds is 2. The lowest BCUT2D eigenvalue weighted by Gasteiger charge is -1.94. The highest BCUT2D eigenvalue weighted by Crippen LogP contribution is 2.16. The number of hydrogen-bond acceptors (Lipinski definition) is 4. The van der Waals surface area contributed by atoms with E-state index in [2.05, 4.69) is 10.3 Å². The van der Waals surface area contributed by atoms with E-state index >= 15 is 0 Å². The molecule has 1 aromatic heterocycles. The predicted molar refractivity (Wildman–Crippen MR) is 45.7 cm³/mol. The lowest BCUT2D eigenvalue weighted by atomic mass is 10.4. The van der Waals surface area contributed by atoms with Crippen molar-refractivity contribution in [2.45, 2.75) is 13.3 Å². The van der Waals surface area contributed by atoms with Crippen LogP contribution in [0.2, 0.25) is 0 Å². The summed E-state index contributed by atoms with van der Waals surface area (Å²) in [6.45, 7) is 1.90. The first-order valence-corrected chi connectivity index (χ1v) is 4.13. The minimum atomic E-state index is -0.313. The fraction of sp³-hybridized carbons (Fsp3) is 0.286. The van der Waals surface area contributed by atoms with Gasteiger partial charge in [-0.15, -0.1) is 11.3 Å². The number of anilines is 1. The average Bonchev–Trinajstić information content (AvgIpc) is 2.36. The van der Waals surface area contributed by atoms with Gasteiger partial charge in [0.1, 0.15) is 6.42 Å². The quantitative estimate of drug-likeness (QED) is 0.747. The zero-order valence-corrected chi connectivity index (χ0v) is 7.31. The van der Waals surface area contributed by atoms with E-state index in [1.54, 1.807) is 12.3 Å². The minimum absolute atomic E-state index is 0.126. The van der Waals surface area contributed by atoms with Crippen molar-refractivity contribution in [1.82, 2.24) is 4.98 Å². The fourth-order valence-corrected chi connectivity index (χ4v) is 1.33. The molecule has 0 saturated heterocycles. The molecule has 1 N–H and O–H groups in total. The molecule has 0 aromatic carbocycles. The monoisotopic (exact) mass is 181 g/mol. The van der Waals surface area contributed by atoms with Crippen LogP contribution < -0.4 is 5.32 Å². The smallest absolute Gasteiger partial charge is 0.240 e. The van der Waals surface area contributed by atoms with E-state index in [1.807, 2.05) is 6.92 Å². The van der Waals surface area contributed by atoms with Crippen LogP contribution >= 0.6 is 11.3 Å². The van der Waals surface area contributed by atoms with Crippen molar-refractivity contribution in [2.24, 2.45) is 0 Å². The number of nitrogens with one attached hydrogen (secondary N) is 1. The first kappa shape index (κ1) is 8.68. The maximum atomic E-state index is 10.9. The first-order chi connectivity index (χ1) is 5.72. The number of amides is 1. The Hall–Kier alpha value is -1.41. The molecule has 1 heterocycles. The average molecular weight is 181 g/mol. The number of aryl methyl sites for hydroxylation is 1. The SMILES string of the molecule is Cc1cnc(NC(=O)CC#N)s1. The summed E-state index contributed by atoms with van der Waals surface area (Å²) in [5.74, 6) is -0.313. The van der Waals surface area contributed by atoms with Gasteiger partial charge in [0.2, 0.25) is 5.91 Å². The van der Waals surface area contributed by atoms with Crippen molar-refractivity contribution in [2.75, 3.05) is 5.32 Å². The summed E-state index contributed by atoms with van der Waals surface area (Å²) in [5.41, 5.74) is 0. The Morgan fingerprint density at radius 1 is 1.92 bits per heavy atom. The van der Waals surface area contributed by atoms with Gasteiger partial charge in [-0.2, -0.15) is 5.26 Å². The highest BCUT2D eigenvalue weighted by molar-refractivity contribution is 7.15. The molecule has 1 rings (SSSR count). The van der Waals surface area contributed by atoms with Crippen molar-refractivity contribution < 1.29 is 4.79 Å². The van der Waals surface area contributed by atoms with Crippen LogP contribution in [-0.4, -0.2) is 10.9 Å². The van der Waals surface area contributed by atoms with Gasteiger partial charge in [-0.25, -0.2) is 4.98 Å². The molecule has 1 aromatic rings. The first-order valence-electron chi connectivity index (χ1n) is 3.31. The summed E-state index contributed by atoms with van der Waals surface area (Å²) >= 11 is 1.39. The second-order valence-electron chi connectivity index (χ2n) is 2.16. The van der Waals surface area contributed by atoms with Crippen LogP contribution in [0.25, 0.3) is 0 Å². The second-order valence-corrected chi connectivity index (χ2v) is 3.39. The van der Waals surface area contributed by atoms with E-state index in [0.29, 0.717) is 5.13 Å². The third kappa shape index (κ3) is 2.32. The Kier molecular flexibility index (Phi) is 2.77. The highest BCUT2D eigenvalue weighted by atomic mass is 32.1. The van der Waals surface area contributed by atoms with Crippen LogP contribution in [0.5, 0.6) is 0 Å². The Balaban J connectivity index is 2.53. The van der Waals surface area contributed by atoms with Crippen LogP contribution in [0.3, 0.4) is 0 Å². The largest absolute Gasteiger partial charge is 0.301 e. The summed E-state index contributed by atoms with van der Waals surface area (Å²) < 4.78 is 0. The zero-order valence-electron chi connectivity index (χ0n) is 6.50. The molecule has 12 heavy (non-hydrogen) atoms. The highest BCUT2D eigenvalue weighted by Gasteiger charge is 2.03. The number of thiazole rings is 1. The molecule has 0 atom stereocenters. The van der Waals surface area contributed by atoms with Gasteiger partial charge >= 0.3 is 0 Å². The molecule has 4 nitrogen and oxygen atoms in total. The molecule has 5 heteroatoms. The number of hydrogen-bond donors (Lipinski definition) is 1. The normalized spacial score (nSPS) is 9.00. The van der Waals surface area contributed by atoms with E-state index in [1.165, 1.54) is 11.3 Å². The molecule has 62 valence electrons. The van der Waals surface area contributed by atoms with Crippen LogP contribution in [0.15, 0.2) is 6.20 Å². The van der Waals surface area contributed by atoms with Gasteiger partial charge in [-0.1, -0.05) is 0 Å². The Morgan fingerprint density at radius 2 is 2.67 bits per heavy atom. The molecular weight excluding hydrogens is 174 g/mol. The standard InChI is InChI=1S/C7H7N3OS/c1-5-4-9-7(12-5)10-6(11)2-3-8/h4H,2H2,1H3,(H,9,10,11). The maximum absolute atomic E-state index is 10.9. The lowest BCUT2D eigenvalue weighted by Crippen LogP contribution is -2.09. The third-order valence-corrected chi connectivity index (χ3v) is 1.94. The molecule has 0 aliphatic rings. The molecule has 0 unspecified atom stereocenters. The summed E-state index contributed by atoms with van der Waals surface area (Å²) in [7, 11) is 0. The molecule has 1 amide bonds. The summed E-state index contributed by atoms with van der Waals surface area (Å²) in [5, 5.41) is 11.3. The summed E-state index contributed by atoms with van der Waals surface area (Å²) in [4.78, 5) is 15.8. The van der Waals surface area contributed by atoms with E-state index in [-0.39, 0.29) is 12.3 Å². The van der Waals surface area contributed by atoms with Crippen molar-refractivity contribution >= 4 is 22.4 Å². The van der Waals surface area contributed by atoms with E-state index in [0.717, 1.165) is 4.88 Å². The molecule has 0 saturated carbocycles. The second kappa shape index (κ2) is 3.83. The van der Waals surface area contributed by atoms with Gasteiger partial charge in [0.05, 0.1) is 6.07 Å². The topological polar surface area (TPSA) is 65.8 Å². The van der Waals surface area contributed by atoms with Gasteiger partial charge in [-0.3, -0.25) is 4.79 Å². The predicted octanol–water partition coefficient (Wildman–Crippen LogP) is 1.30. The third-order valence-electron chi connectivity index (χ3n) is 1.11. The van der Waals surface area contributed by atoms with Crippen molar-refractivity contribution in [1.29, 1.82) is 5.26 Å². The van der Waals surface area contributed by atoms with Gasteiger partial charge in [0, 0.05) is 11.1 Å². The van der Waals surface area contributed by atoms with Crippen LogP contribution in [0.1, 0.15) is 11.3 Å². The van der Waals surface area contributed by atoms with Crippen LogP contribution in [0.4, 0.5) is 5.13 Å². The summed E-state index contributed by atoms with van der Waals surface area (Å²) in [6.07, 6.45) is 1.55. The number of aromatic nitrogens is 1. The number of nitriles is 1. The Morgan fingerprint density at radius 3 is 3.17 bits per heavy atom. The minimum Gasteiger partial charge on any atom is -0.301 e.